The predicted molar refractivity (Wildman–Crippen MR) is 116 cm³/mol. The van der Waals surface area contributed by atoms with Crippen LogP contribution in [0.5, 0.6) is 5.75 Å². The highest BCUT2D eigenvalue weighted by molar-refractivity contribution is 7.22. The van der Waals surface area contributed by atoms with Crippen molar-refractivity contribution in [3.05, 3.63) is 53.5 Å². The van der Waals surface area contributed by atoms with Gasteiger partial charge >= 0.3 is 0 Å². The van der Waals surface area contributed by atoms with E-state index in [9.17, 15) is 9.59 Å². The van der Waals surface area contributed by atoms with Gasteiger partial charge in [0.05, 0.1) is 17.3 Å². The van der Waals surface area contributed by atoms with Gasteiger partial charge in [-0.25, -0.2) is 9.97 Å². The molecule has 2 aromatic carbocycles. The monoisotopic (exact) mass is 424 g/mol. The number of carbonyl (C=O) groups excluding carboxylic acids is 2. The lowest BCUT2D eigenvalue weighted by Gasteiger charge is -2.00. The van der Waals surface area contributed by atoms with Crippen molar-refractivity contribution in [2.24, 2.45) is 0 Å². The number of benzene rings is 2. The minimum atomic E-state index is -0.317. The van der Waals surface area contributed by atoms with Crippen LogP contribution in [0.15, 0.2) is 47.8 Å². The van der Waals surface area contributed by atoms with E-state index in [-0.39, 0.29) is 11.8 Å². The van der Waals surface area contributed by atoms with Gasteiger partial charge < -0.3 is 10.1 Å². The maximum atomic E-state index is 12.6. The van der Waals surface area contributed by atoms with Gasteiger partial charge in [0.1, 0.15) is 16.5 Å². The number of hydrogen-bond donors (Lipinski definition) is 2. The van der Waals surface area contributed by atoms with Crippen molar-refractivity contribution in [1.82, 2.24) is 9.97 Å². The summed E-state index contributed by atoms with van der Waals surface area (Å²) in [7, 11) is 1.61. The fourth-order valence-corrected chi connectivity index (χ4v) is 4.37. The minimum absolute atomic E-state index is 0.140. The van der Waals surface area contributed by atoms with Crippen LogP contribution in [0, 0.1) is 0 Å². The molecule has 0 saturated heterocycles. The number of amides is 2. The van der Waals surface area contributed by atoms with Gasteiger partial charge in [-0.05, 0) is 42.5 Å². The van der Waals surface area contributed by atoms with E-state index in [2.05, 4.69) is 20.6 Å². The van der Waals surface area contributed by atoms with E-state index in [0.29, 0.717) is 16.5 Å². The highest BCUT2D eigenvalue weighted by atomic mass is 32.1. The van der Waals surface area contributed by atoms with Crippen molar-refractivity contribution in [2.45, 2.75) is 6.92 Å². The topological polar surface area (TPSA) is 93.2 Å². The van der Waals surface area contributed by atoms with Gasteiger partial charge in [-0.1, -0.05) is 11.3 Å². The molecule has 0 fully saturated rings. The molecule has 29 heavy (non-hydrogen) atoms. The molecular formula is C20H16N4O3S2. The number of nitrogens with zero attached hydrogens (tertiary/aromatic N) is 2. The largest absolute Gasteiger partial charge is 0.497 e. The summed E-state index contributed by atoms with van der Waals surface area (Å²) in [5, 5.41) is 8.48. The van der Waals surface area contributed by atoms with Gasteiger partial charge in [0.2, 0.25) is 5.91 Å². The smallest absolute Gasteiger partial charge is 0.276 e. The third-order valence-corrected chi connectivity index (χ3v) is 5.83. The summed E-state index contributed by atoms with van der Waals surface area (Å²) in [5.41, 5.74) is 2.69. The van der Waals surface area contributed by atoms with Crippen LogP contribution in [-0.4, -0.2) is 28.9 Å². The molecule has 7 nitrogen and oxygen atoms in total. The number of methoxy groups -OCH3 is 1. The van der Waals surface area contributed by atoms with Crippen LogP contribution >= 0.6 is 22.7 Å². The molecule has 0 aliphatic rings. The number of fused-ring (bicyclic) bond motifs is 1. The molecule has 2 aromatic heterocycles. The zero-order chi connectivity index (χ0) is 20.4. The first-order valence-corrected chi connectivity index (χ1v) is 10.3. The molecule has 2 amide bonds. The highest BCUT2D eigenvalue weighted by Gasteiger charge is 2.14. The Bertz CT molecular complexity index is 1200. The molecule has 0 spiro atoms. The Hall–Kier alpha value is -3.30. The first-order valence-electron chi connectivity index (χ1n) is 8.61. The highest BCUT2D eigenvalue weighted by Crippen LogP contribution is 2.30. The first-order chi connectivity index (χ1) is 14.0. The predicted octanol–water partition coefficient (Wildman–Crippen LogP) is 4.64. The van der Waals surface area contributed by atoms with Crippen molar-refractivity contribution in [2.75, 3.05) is 17.7 Å². The van der Waals surface area contributed by atoms with Gasteiger partial charge in [-0.2, -0.15) is 0 Å². The molecule has 9 heteroatoms. The number of nitrogens with one attached hydrogen (secondary N) is 2. The summed E-state index contributed by atoms with van der Waals surface area (Å²) >= 11 is 2.73. The molecule has 0 bridgehead atoms. The fraction of sp³-hybridized carbons (Fsp3) is 0.100. The molecule has 0 aliphatic heterocycles. The van der Waals surface area contributed by atoms with E-state index in [4.69, 9.17) is 4.74 Å². The summed E-state index contributed by atoms with van der Waals surface area (Å²) in [6.07, 6.45) is 0. The van der Waals surface area contributed by atoms with Gasteiger partial charge in [0.15, 0.2) is 5.13 Å². The van der Waals surface area contributed by atoms with Crippen molar-refractivity contribution < 1.29 is 14.3 Å². The van der Waals surface area contributed by atoms with Gasteiger partial charge in [-0.15, -0.1) is 11.3 Å². The van der Waals surface area contributed by atoms with Gasteiger partial charge in [0.25, 0.3) is 5.91 Å². The fourth-order valence-electron chi connectivity index (χ4n) is 2.66. The van der Waals surface area contributed by atoms with Crippen LogP contribution in [0.3, 0.4) is 0 Å². The lowest BCUT2D eigenvalue weighted by atomic mass is 10.2. The second-order valence-electron chi connectivity index (χ2n) is 6.10. The minimum Gasteiger partial charge on any atom is -0.497 e. The summed E-state index contributed by atoms with van der Waals surface area (Å²) in [6.45, 7) is 1.45. The maximum absolute atomic E-state index is 12.6. The van der Waals surface area contributed by atoms with E-state index in [0.717, 1.165) is 26.5 Å². The molecule has 2 heterocycles. The SMILES string of the molecule is COc1ccc(-c2nc(C(=O)Nc3nc4ccc(NC(C)=O)cc4s3)cs2)cc1. The second kappa shape index (κ2) is 7.98. The Labute approximate surface area is 174 Å². The number of carbonyl (C=O) groups is 2. The summed E-state index contributed by atoms with van der Waals surface area (Å²) in [4.78, 5) is 32.6. The lowest BCUT2D eigenvalue weighted by Crippen LogP contribution is -2.11. The van der Waals surface area contributed by atoms with E-state index in [1.807, 2.05) is 30.3 Å². The van der Waals surface area contributed by atoms with Gasteiger partial charge in [-0.3, -0.25) is 14.9 Å². The average Bonchev–Trinajstić information content (AvgIpc) is 3.34. The summed E-state index contributed by atoms with van der Waals surface area (Å²) in [5.74, 6) is 0.307. The molecule has 0 unspecified atom stereocenters. The standard InChI is InChI=1S/C20H16N4O3S2/c1-11(25)21-13-5-8-15-17(9-13)29-20(23-15)24-18(26)16-10-28-19(22-16)12-3-6-14(27-2)7-4-12/h3-10H,1-2H3,(H,21,25)(H,23,24,26). The number of ether oxygens (including phenoxy) is 1. The van der Waals surface area contributed by atoms with E-state index in [1.54, 1.807) is 24.6 Å². The average molecular weight is 425 g/mol. The zero-order valence-corrected chi connectivity index (χ0v) is 17.2. The van der Waals surface area contributed by atoms with Crippen molar-refractivity contribution in [3.8, 4) is 16.3 Å². The summed E-state index contributed by atoms with van der Waals surface area (Å²) < 4.78 is 6.02. The molecule has 146 valence electrons. The van der Waals surface area contributed by atoms with Crippen LogP contribution in [0.25, 0.3) is 20.8 Å². The van der Waals surface area contributed by atoms with Crippen molar-refractivity contribution >= 4 is 55.5 Å². The Balaban J connectivity index is 1.50. The van der Waals surface area contributed by atoms with Crippen LogP contribution in [0.2, 0.25) is 0 Å². The number of hydrogen-bond acceptors (Lipinski definition) is 7. The second-order valence-corrected chi connectivity index (χ2v) is 7.99. The number of aromatic nitrogens is 2. The Kier molecular flexibility index (Phi) is 5.24. The van der Waals surface area contributed by atoms with Crippen molar-refractivity contribution in [1.29, 1.82) is 0 Å². The quantitative estimate of drug-likeness (QED) is 0.487. The molecule has 4 aromatic rings. The molecule has 2 N–H and O–H groups in total. The normalized spacial score (nSPS) is 10.7. The molecule has 0 atom stereocenters. The van der Waals surface area contributed by atoms with Crippen LogP contribution in [-0.2, 0) is 4.79 Å². The molecule has 4 rings (SSSR count). The zero-order valence-electron chi connectivity index (χ0n) is 15.6. The van der Waals surface area contributed by atoms with E-state index < -0.39 is 0 Å². The molecule has 0 radical (unpaired) electrons. The van der Waals surface area contributed by atoms with Gasteiger partial charge in [0, 0.05) is 23.6 Å². The van der Waals surface area contributed by atoms with E-state index >= 15 is 0 Å². The third-order valence-electron chi connectivity index (χ3n) is 4.00. The van der Waals surface area contributed by atoms with E-state index in [1.165, 1.54) is 29.6 Å². The third kappa shape index (κ3) is 4.25. The molecule has 0 aliphatic carbocycles. The number of anilines is 2. The molecule has 0 saturated carbocycles. The Morgan fingerprint density at radius 2 is 1.83 bits per heavy atom. The van der Waals surface area contributed by atoms with Crippen molar-refractivity contribution in [3.63, 3.8) is 0 Å². The lowest BCUT2D eigenvalue weighted by molar-refractivity contribution is -0.114. The Morgan fingerprint density at radius 3 is 2.55 bits per heavy atom. The van der Waals surface area contributed by atoms with Crippen LogP contribution < -0.4 is 15.4 Å². The first kappa shape index (κ1) is 19.0. The number of rotatable bonds is 5. The van der Waals surface area contributed by atoms with Crippen LogP contribution in [0.1, 0.15) is 17.4 Å². The molecular weight excluding hydrogens is 408 g/mol. The maximum Gasteiger partial charge on any atom is 0.276 e. The summed E-state index contributed by atoms with van der Waals surface area (Å²) in [6, 6.07) is 12.9. The van der Waals surface area contributed by atoms with Crippen LogP contribution in [0.4, 0.5) is 10.8 Å². The Morgan fingerprint density at radius 1 is 1.03 bits per heavy atom. The number of thiazole rings is 2.